The van der Waals surface area contributed by atoms with Crippen LogP contribution in [-0.4, -0.2) is 18.2 Å². The molecule has 0 amide bonds. The first kappa shape index (κ1) is 17.9. The van der Waals surface area contributed by atoms with Gasteiger partial charge in [-0.2, -0.15) is 0 Å². The minimum Gasteiger partial charge on any atom is -0.465 e. The maximum Gasteiger partial charge on any atom is 0.341 e. The van der Waals surface area contributed by atoms with Gasteiger partial charge in [0, 0.05) is 11.4 Å². The van der Waals surface area contributed by atoms with Crippen LogP contribution in [-0.2, 0) is 24.1 Å². The molecule has 4 nitrogen and oxygen atoms in total. The van der Waals surface area contributed by atoms with E-state index in [9.17, 15) is 4.79 Å². The summed E-state index contributed by atoms with van der Waals surface area (Å²) in [5.41, 5.74) is 4.18. The van der Waals surface area contributed by atoms with Gasteiger partial charge in [0.05, 0.1) is 12.7 Å². The molecule has 1 heterocycles. The number of carbonyl (C=O) groups is 1. The van der Waals surface area contributed by atoms with E-state index in [2.05, 4.69) is 41.8 Å². The first-order valence-corrected chi connectivity index (χ1v) is 9.64. The van der Waals surface area contributed by atoms with Gasteiger partial charge in [-0.25, -0.2) is 4.79 Å². The quantitative estimate of drug-likeness (QED) is 0.620. The second-order valence-corrected chi connectivity index (χ2v) is 7.71. The van der Waals surface area contributed by atoms with Crippen molar-refractivity contribution in [1.82, 2.24) is 5.32 Å². The summed E-state index contributed by atoms with van der Waals surface area (Å²) in [5, 5.41) is 7.72. The molecule has 1 aromatic heterocycles. The van der Waals surface area contributed by atoms with E-state index >= 15 is 0 Å². The van der Waals surface area contributed by atoms with Crippen molar-refractivity contribution in [3.8, 4) is 0 Å². The van der Waals surface area contributed by atoms with Crippen molar-refractivity contribution in [2.45, 2.75) is 39.2 Å². The molecule has 0 unspecified atom stereocenters. The summed E-state index contributed by atoms with van der Waals surface area (Å²) in [5.74, 6) is -0.289. The number of thiophene rings is 1. The molecule has 0 saturated carbocycles. The van der Waals surface area contributed by atoms with Crippen LogP contribution in [0.4, 0.5) is 5.00 Å². The van der Waals surface area contributed by atoms with E-state index in [-0.39, 0.29) is 5.97 Å². The topological polar surface area (TPSA) is 50.4 Å². The molecule has 1 aliphatic carbocycles. The third kappa shape index (κ3) is 4.19. The molecule has 2 N–H and O–H groups in total. The highest BCUT2D eigenvalue weighted by molar-refractivity contribution is 7.80. The maximum atomic E-state index is 12.2. The molecular formula is C19H22N2O2S2. The Labute approximate surface area is 157 Å². The van der Waals surface area contributed by atoms with Gasteiger partial charge >= 0.3 is 5.97 Å². The minimum atomic E-state index is -0.289. The Morgan fingerprint density at radius 3 is 2.68 bits per heavy atom. The first-order chi connectivity index (χ1) is 12.1. The Balaban J connectivity index is 1.71. The fourth-order valence-corrected chi connectivity index (χ4v) is 4.53. The molecule has 1 aliphatic rings. The van der Waals surface area contributed by atoms with Gasteiger partial charge in [-0.05, 0) is 56.0 Å². The Bertz CT molecular complexity index is 781. The van der Waals surface area contributed by atoms with E-state index in [0.29, 0.717) is 17.2 Å². The average molecular weight is 375 g/mol. The molecule has 0 atom stereocenters. The van der Waals surface area contributed by atoms with Crippen LogP contribution in [0, 0.1) is 6.92 Å². The Hall–Kier alpha value is -1.92. The van der Waals surface area contributed by atoms with Crippen LogP contribution in [0.1, 0.15) is 44.8 Å². The standard InChI is InChI=1S/C19H22N2O2S2/c1-12-7-9-13(10-8-12)11-20-19(24)21-17-16(18(22)23-2)14-5-3-4-6-15(14)25-17/h7-10H,3-6,11H2,1-2H3,(H2,20,21,24). The number of ether oxygens (including phenoxy) is 1. The lowest BCUT2D eigenvalue weighted by molar-refractivity contribution is 0.0601. The number of rotatable bonds is 4. The van der Waals surface area contributed by atoms with Gasteiger partial charge in [-0.15, -0.1) is 11.3 Å². The normalized spacial score (nSPS) is 13.0. The summed E-state index contributed by atoms with van der Waals surface area (Å²) in [6.45, 7) is 2.71. The largest absolute Gasteiger partial charge is 0.465 e. The number of hydrogen-bond acceptors (Lipinski definition) is 4. The summed E-state index contributed by atoms with van der Waals surface area (Å²) < 4.78 is 4.99. The molecule has 3 rings (SSSR count). The van der Waals surface area contributed by atoms with E-state index in [1.54, 1.807) is 11.3 Å². The van der Waals surface area contributed by atoms with Crippen LogP contribution < -0.4 is 10.6 Å². The molecule has 132 valence electrons. The molecule has 0 aliphatic heterocycles. The Kier molecular flexibility index (Phi) is 5.71. The van der Waals surface area contributed by atoms with Crippen LogP contribution in [0.5, 0.6) is 0 Å². The van der Waals surface area contributed by atoms with Crippen molar-refractivity contribution in [3.05, 3.63) is 51.4 Å². The molecule has 25 heavy (non-hydrogen) atoms. The number of anilines is 1. The van der Waals surface area contributed by atoms with E-state index in [0.717, 1.165) is 35.4 Å². The number of carbonyl (C=O) groups excluding carboxylic acids is 1. The molecule has 0 spiro atoms. The summed E-state index contributed by atoms with van der Waals surface area (Å²) >= 11 is 7.03. The van der Waals surface area contributed by atoms with Gasteiger partial charge in [-0.1, -0.05) is 29.8 Å². The van der Waals surface area contributed by atoms with Crippen LogP contribution in [0.25, 0.3) is 0 Å². The number of benzene rings is 1. The lowest BCUT2D eigenvalue weighted by Gasteiger charge is -2.12. The molecule has 1 aromatic carbocycles. The van der Waals surface area contributed by atoms with Gasteiger partial charge in [-0.3, -0.25) is 0 Å². The molecule has 0 radical (unpaired) electrons. The SMILES string of the molecule is COC(=O)c1c(NC(=S)NCc2ccc(C)cc2)sc2c1CCCC2. The Morgan fingerprint density at radius 2 is 1.96 bits per heavy atom. The van der Waals surface area contributed by atoms with Crippen molar-refractivity contribution in [2.75, 3.05) is 12.4 Å². The van der Waals surface area contributed by atoms with Crippen LogP contribution in [0.3, 0.4) is 0 Å². The number of esters is 1. The number of hydrogen-bond donors (Lipinski definition) is 2. The van der Waals surface area contributed by atoms with Gasteiger partial charge in [0.15, 0.2) is 5.11 Å². The fourth-order valence-electron chi connectivity index (χ4n) is 3.01. The number of aryl methyl sites for hydroxylation is 2. The number of thiocarbonyl (C=S) groups is 1. The summed E-state index contributed by atoms with van der Waals surface area (Å²) in [7, 11) is 1.42. The zero-order chi connectivity index (χ0) is 17.8. The van der Waals surface area contributed by atoms with Crippen LogP contribution in [0.15, 0.2) is 24.3 Å². The van der Waals surface area contributed by atoms with Crippen molar-refractivity contribution < 1.29 is 9.53 Å². The second kappa shape index (κ2) is 7.97. The van der Waals surface area contributed by atoms with Gasteiger partial charge in [0.25, 0.3) is 0 Å². The zero-order valence-corrected chi connectivity index (χ0v) is 16.1. The van der Waals surface area contributed by atoms with Crippen molar-refractivity contribution >= 4 is 39.6 Å². The summed E-state index contributed by atoms with van der Waals surface area (Å²) in [6, 6.07) is 8.32. The summed E-state index contributed by atoms with van der Waals surface area (Å²) in [6.07, 6.45) is 4.24. The highest BCUT2D eigenvalue weighted by Crippen LogP contribution is 2.38. The van der Waals surface area contributed by atoms with Crippen molar-refractivity contribution in [1.29, 1.82) is 0 Å². The smallest absolute Gasteiger partial charge is 0.341 e. The monoisotopic (exact) mass is 374 g/mol. The third-order valence-corrected chi connectivity index (χ3v) is 5.82. The number of methoxy groups -OCH3 is 1. The highest BCUT2D eigenvalue weighted by atomic mass is 32.1. The minimum absolute atomic E-state index is 0.289. The lowest BCUT2D eigenvalue weighted by Crippen LogP contribution is -2.28. The van der Waals surface area contributed by atoms with E-state index in [1.807, 2.05) is 0 Å². The highest BCUT2D eigenvalue weighted by Gasteiger charge is 2.26. The maximum absolute atomic E-state index is 12.2. The first-order valence-electron chi connectivity index (χ1n) is 8.41. The van der Waals surface area contributed by atoms with Gasteiger partial charge in [0.2, 0.25) is 0 Å². The van der Waals surface area contributed by atoms with Crippen LogP contribution in [0.2, 0.25) is 0 Å². The van der Waals surface area contributed by atoms with Crippen molar-refractivity contribution in [3.63, 3.8) is 0 Å². The van der Waals surface area contributed by atoms with E-state index < -0.39 is 0 Å². The number of nitrogens with one attached hydrogen (secondary N) is 2. The molecule has 0 bridgehead atoms. The Morgan fingerprint density at radius 1 is 1.24 bits per heavy atom. The lowest BCUT2D eigenvalue weighted by atomic mass is 9.95. The zero-order valence-electron chi connectivity index (χ0n) is 14.5. The second-order valence-electron chi connectivity index (χ2n) is 6.20. The predicted molar refractivity (Wildman–Crippen MR) is 107 cm³/mol. The van der Waals surface area contributed by atoms with Gasteiger partial charge < -0.3 is 15.4 Å². The summed E-state index contributed by atoms with van der Waals surface area (Å²) in [4.78, 5) is 13.5. The molecule has 6 heteroatoms. The third-order valence-electron chi connectivity index (χ3n) is 4.36. The van der Waals surface area contributed by atoms with Crippen molar-refractivity contribution in [2.24, 2.45) is 0 Å². The van der Waals surface area contributed by atoms with E-state index in [1.165, 1.54) is 24.0 Å². The average Bonchev–Trinajstić information content (AvgIpc) is 2.98. The molecule has 0 saturated heterocycles. The predicted octanol–water partition coefficient (Wildman–Crippen LogP) is 4.21. The molecule has 0 fully saturated rings. The van der Waals surface area contributed by atoms with Crippen LogP contribution >= 0.6 is 23.6 Å². The van der Waals surface area contributed by atoms with Gasteiger partial charge in [0.1, 0.15) is 5.00 Å². The molecule has 2 aromatic rings. The molecular weight excluding hydrogens is 352 g/mol. The number of fused-ring (bicyclic) bond motifs is 1. The van der Waals surface area contributed by atoms with E-state index in [4.69, 9.17) is 17.0 Å². The fraction of sp³-hybridized carbons (Fsp3) is 0.368.